The Bertz CT molecular complexity index is 664. The number of hydrogen-bond donors (Lipinski definition) is 0. The molecule has 116 valence electrons. The van der Waals surface area contributed by atoms with Crippen LogP contribution < -0.4 is 4.74 Å². The second kappa shape index (κ2) is 6.17. The maximum Gasteiger partial charge on any atom is 0.254 e. The summed E-state index contributed by atoms with van der Waals surface area (Å²) in [6.07, 6.45) is 8.90. The molecule has 1 aliphatic rings. The van der Waals surface area contributed by atoms with E-state index in [2.05, 4.69) is 10.1 Å². The van der Waals surface area contributed by atoms with E-state index in [-0.39, 0.29) is 12.0 Å². The van der Waals surface area contributed by atoms with Gasteiger partial charge in [0.25, 0.3) is 5.91 Å². The van der Waals surface area contributed by atoms with Crippen LogP contribution in [0.1, 0.15) is 35.2 Å². The Labute approximate surface area is 129 Å². The second-order valence-electron chi connectivity index (χ2n) is 5.74. The number of ether oxygens (including phenoxy) is 1. The molecule has 0 bridgehead atoms. The molecule has 0 aliphatic heterocycles. The van der Waals surface area contributed by atoms with Crippen molar-refractivity contribution in [1.29, 1.82) is 0 Å². The van der Waals surface area contributed by atoms with Gasteiger partial charge in [-0.05, 0) is 25.3 Å². The Hall–Kier alpha value is -2.37. The van der Waals surface area contributed by atoms with Crippen molar-refractivity contribution in [2.45, 2.75) is 31.9 Å². The Morgan fingerprint density at radius 1 is 1.50 bits per heavy atom. The normalized spacial score (nSPS) is 14.5. The zero-order valence-electron chi connectivity index (χ0n) is 12.9. The molecule has 6 nitrogen and oxygen atoms in total. The van der Waals surface area contributed by atoms with Crippen LogP contribution in [-0.2, 0) is 13.6 Å². The summed E-state index contributed by atoms with van der Waals surface area (Å²) in [6.45, 7) is 0.522. The number of carbonyl (C=O) groups is 1. The van der Waals surface area contributed by atoms with Crippen LogP contribution in [0.2, 0.25) is 0 Å². The molecular formula is C16H20N4O2. The number of rotatable bonds is 5. The average molecular weight is 300 g/mol. The van der Waals surface area contributed by atoms with Gasteiger partial charge in [-0.2, -0.15) is 5.10 Å². The largest absolute Gasteiger partial charge is 0.474 e. The fourth-order valence-electron chi connectivity index (χ4n) is 2.39. The van der Waals surface area contributed by atoms with Crippen LogP contribution in [0.15, 0.2) is 30.7 Å². The maximum absolute atomic E-state index is 12.5. The summed E-state index contributed by atoms with van der Waals surface area (Å²) < 4.78 is 7.47. The van der Waals surface area contributed by atoms with Crippen LogP contribution in [0.25, 0.3) is 0 Å². The van der Waals surface area contributed by atoms with Gasteiger partial charge in [-0.3, -0.25) is 9.48 Å². The summed E-state index contributed by atoms with van der Waals surface area (Å²) in [6, 6.07) is 3.44. The third-order valence-corrected chi connectivity index (χ3v) is 3.85. The second-order valence-corrected chi connectivity index (χ2v) is 5.74. The Balaban J connectivity index is 1.66. The van der Waals surface area contributed by atoms with E-state index in [1.165, 1.54) is 6.42 Å². The lowest BCUT2D eigenvalue weighted by Gasteiger charge is -2.25. The topological polar surface area (TPSA) is 60.2 Å². The molecule has 1 aliphatic carbocycles. The standard InChI is InChI=1S/C16H20N4O2/c1-19(10-12-9-18-20(2)11-12)16(21)13-6-7-17-15(8-13)22-14-4-3-5-14/h6-9,11,14H,3-5,10H2,1-2H3. The molecule has 22 heavy (non-hydrogen) atoms. The first-order valence-corrected chi connectivity index (χ1v) is 7.47. The number of aryl methyl sites for hydroxylation is 1. The number of hydrogen-bond acceptors (Lipinski definition) is 4. The van der Waals surface area contributed by atoms with Gasteiger partial charge in [0.2, 0.25) is 5.88 Å². The molecule has 0 saturated heterocycles. The van der Waals surface area contributed by atoms with Gasteiger partial charge >= 0.3 is 0 Å². The van der Waals surface area contributed by atoms with Gasteiger partial charge in [0, 0.05) is 50.2 Å². The summed E-state index contributed by atoms with van der Waals surface area (Å²) in [5.41, 5.74) is 1.59. The summed E-state index contributed by atoms with van der Waals surface area (Å²) in [4.78, 5) is 18.3. The van der Waals surface area contributed by atoms with E-state index in [1.807, 2.05) is 13.2 Å². The van der Waals surface area contributed by atoms with E-state index in [9.17, 15) is 4.79 Å². The SMILES string of the molecule is CN(Cc1cnn(C)c1)C(=O)c1ccnc(OC2CCC2)c1. The maximum atomic E-state index is 12.5. The molecule has 0 unspecified atom stereocenters. The smallest absolute Gasteiger partial charge is 0.254 e. The van der Waals surface area contributed by atoms with E-state index in [1.54, 1.807) is 41.2 Å². The molecule has 2 heterocycles. The highest BCUT2D eigenvalue weighted by Crippen LogP contribution is 2.24. The lowest BCUT2D eigenvalue weighted by atomic mass is 9.96. The van der Waals surface area contributed by atoms with Crippen molar-refractivity contribution in [2.75, 3.05) is 7.05 Å². The van der Waals surface area contributed by atoms with Crippen LogP contribution in [0, 0.1) is 0 Å². The molecule has 0 N–H and O–H groups in total. The molecule has 1 amide bonds. The van der Waals surface area contributed by atoms with Crippen LogP contribution in [-0.4, -0.2) is 38.7 Å². The zero-order chi connectivity index (χ0) is 15.5. The summed E-state index contributed by atoms with van der Waals surface area (Å²) in [5, 5.41) is 4.11. The van der Waals surface area contributed by atoms with Crippen molar-refractivity contribution in [3.05, 3.63) is 41.9 Å². The highest BCUT2D eigenvalue weighted by Gasteiger charge is 2.20. The molecule has 1 fully saturated rings. The molecular weight excluding hydrogens is 280 g/mol. The minimum Gasteiger partial charge on any atom is -0.474 e. The third-order valence-electron chi connectivity index (χ3n) is 3.85. The summed E-state index contributed by atoms with van der Waals surface area (Å²) >= 11 is 0. The van der Waals surface area contributed by atoms with Crippen molar-refractivity contribution >= 4 is 5.91 Å². The molecule has 1 saturated carbocycles. The monoisotopic (exact) mass is 300 g/mol. The molecule has 3 rings (SSSR count). The lowest BCUT2D eigenvalue weighted by Crippen LogP contribution is -2.27. The van der Waals surface area contributed by atoms with E-state index in [0.717, 1.165) is 18.4 Å². The molecule has 2 aromatic rings. The van der Waals surface area contributed by atoms with Gasteiger partial charge in [-0.15, -0.1) is 0 Å². The molecule has 0 spiro atoms. The molecule has 0 aromatic carbocycles. The van der Waals surface area contributed by atoms with Gasteiger partial charge in [-0.25, -0.2) is 4.98 Å². The number of aromatic nitrogens is 3. The fourth-order valence-corrected chi connectivity index (χ4v) is 2.39. The van der Waals surface area contributed by atoms with Gasteiger partial charge in [0.05, 0.1) is 6.20 Å². The third kappa shape index (κ3) is 3.27. The number of nitrogens with zero attached hydrogens (tertiary/aromatic N) is 4. The van der Waals surface area contributed by atoms with Crippen LogP contribution >= 0.6 is 0 Å². The van der Waals surface area contributed by atoms with Gasteiger partial charge in [0.1, 0.15) is 6.10 Å². The Morgan fingerprint density at radius 3 is 2.95 bits per heavy atom. The highest BCUT2D eigenvalue weighted by atomic mass is 16.5. The van der Waals surface area contributed by atoms with E-state index < -0.39 is 0 Å². The molecule has 0 radical (unpaired) electrons. The zero-order valence-corrected chi connectivity index (χ0v) is 12.9. The van der Waals surface area contributed by atoms with Crippen molar-refractivity contribution < 1.29 is 9.53 Å². The fraction of sp³-hybridized carbons (Fsp3) is 0.438. The summed E-state index contributed by atoms with van der Waals surface area (Å²) in [7, 11) is 3.64. The van der Waals surface area contributed by atoms with Crippen LogP contribution in [0.5, 0.6) is 5.88 Å². The predicted molar refractivity (Wildman–Crippen MR) is 81.5 cm³/mol. The minimum atomic E-state index is -0.0512. The van der Waals surface area contributed by atoms with Crippen molar-refractivity contribution in [3.63, 3.8) is 0 Å². The molecule has 6 heteroatoms. The van der Waals surface area contributed by atoms with E-state index in [0.29, 0.717) is 18.0 Å². The minimum absolute atomic E-state index is 0.0512. The van der Waals surface area contributed by atoms with Crippen LogP contribution in [0.4, 0.5) is 0 Å². The quantitative estimate of drug-likeness (QED) is 0.847. The Morgan fingerprint density at radius 2 is 2.32 bits per heavy atom. The number of amides is 1. The molecule has 0 atom stereocenters. The van der Waals surface area contributed by atoms with Gasteiger partial charge in [-0.1, -0.05) is 0 Å². The average Bonchev–Trinajstić information content (AvgIpc) is 2.87. The van der Waals surface area contributed by atoms with Crippen LogP contribution in [0.3, 0.4) is 0 Å². The van der Waals surface area contributed by atoms with Crippen molar-refractivity contribution in [2.24, 2.45) is 7.05 Å². The first-order chi connectivity index (χ1) is 10.6. The highest BCUT2D eigenvalue weighted by molar-refractivity contribution is 5.94. The van der Waals surface area contributed by atoms with E-state index >= 15 is 0 Å². The first kappa shape index (κ1) is 14.6. The Kier molecular flexibility index (Phi) is 4.09. The van der Waals surface area contributed by atoms with E-state index in [4.69, 9.17) is 4.74 Å². The lowest BCUT2D eigenvalue weighted by molar-refractivity contribution is 0.0782. The van der Waals surface area contributed by atoms with Gasteiger partial charge in [0.15, 0.2) is 0 Å². The van der Waals surface area contributed by atoms with Crippen molar-refractivity contribution in [3.8, 4) is 5.88 Å². The predicted octanol–water partition coefficient (Wildman–Crippen LogP) is 2.02. The van der Waals surface area contributed by atoms with Gasteiger partial charge < -0.3 is 9.64 Å². The van der Waals surface area contributed by atoms with Crippen molar-refractivity contribution in [1.82, 2.24) is 19.7 Å². The number of carbonyl (C=O) groups excluding carboxylic acids is 1. The first-order valence-electron chi connectivity index (χ1n) is 7.47. The number of pyridine rings is 1. The summed E-state index contributed by atoms with van der Waals surface area (Å²) in [5.74, 6) is 0.482. The molecule has 2 aromatic heterocycles.